The number of nitrogens with zero attached hydrogens (tertiary/aromatic N) is 4. The van der Waals surface area contributed by atoms with E-state index >= 15 is 0 Å². The second-order valence-corrected chi connectivity index (χ2v) is 4.35. The van der Waals surface area contributed by atoms with Crippen LogP contribution in [0.4, 0.5) is 11.8 Å². The number of hydrogen-bond acceptors (Lipinski definition) is 6. The molecule has 0 unspecified atom stereocenters. The van der Waals surface area contributed by atoms with Crippen LogP contribution in [0.15, 0.2) is 30.5 Å². The van der Waals surface area contributed by atoms with Crippen molar-refractivity contribution in [3.05, 3.63) is 36.0 Å². The van der Waals surface area contributed by atoms with Crippen molar-refractivity contribution in [2.24, 2.45) is 0 Å². The molecule has 0 aliphatic rings. The Balaban J connectivity index is 1.97. The molecule has 7 heteroatoms. The third-order valence-electron chi connectivity index (χ3n) is 3.03. The fourth-order valence-corrected chi connectivity index (χ4v) is 2.01. The molecule has 0 fully saturated rings. The van der Waals surface area contributed by atoms with Gasteiger partial charge in [0.25, 0.3) is 0 Å². The van der Waals surface area contributed by atoms with Gasteiger partial charge in [-0.05, 0) is 17.7 Å². The molecule has 2 heterocycles. The Bertz CT molecular complexity index is 749. The van der Waals surface area contributed by atoms with Crippen LogP contribution in [0.25, 0.3) is 11.0 Å². The highest BCUT2D eigenvalue weighted by Crippen LogP contribution is 2.19. The summed E-state index contributed by atoms with van der Waals surface area (Å²) in [4.78, 5) is 8.11. The van der Waals surface area contributed by atoms with E-state index in [1.165, 1.54) is 0 Å². The normalized spacial score (nSPS) is 10.8. The molecule has 102 valence electrons. The lowest BCUT2D eigenvalue weighted by Gasteiger charge is -2.05. The van der Waals surface area contributed by atoms with E-state index in [0.29, 0.717) is 23.4 Å². The maximum absolute atomic E-state index is 5.80. The second kappa shape index (κ2) is 4.69. The van der Waals surface area contributed by atoms with E-state index in [-0.39, 0.29) is 5.95 Å². The topological polar surface area (TPSA) is 105 Å². The lowest BCUT2D eigenvalue weighted by atomic mass is 10.2. The van der Waals surface area contributed by atoms with Crippen LogP contribution in [0.3, 0.4) is 0 Å². The van der Waals surface area contributed by atoms with Crippen LogP contribution in [0.5, 0.6) is 5.75 Å². The summed E-state index contributed by atoms with van der Waals surface area (Å²) in [6.45, 7) is 0.573. The molecule has 0 saturated heterocycles. The zero-order chi connectivity index (χ0) is 14.1. The number of methoxy groups -OCH3 is 1. The van der Waals surface area contributed by atoms with Gasteiger partial charge in [-0.2, -0.15) is 15.1 Å². The summed E-state index contributed by atoms with van der Waals surface area (Å²) in [7, 11) is 1.64. The zero-order valence-corrected chi connectivity index (χ0v) is 10.9. The predicted molar refractivity (Wildman–Crippen MR) is 76.2 cm³/mol. The van der Waals surface area contributed by atoms with Crippen LogP contribution in [0.2, 0.25) is 0 Å². The average Bonchev–Trinajstić information content (AvgIpc) is 2.83. The highest BCUT2D eigenvalue weighted by Gasteiger charge is 2.10. The van der Waals surface area contributed by atoms with Gasteiger partial charge in [-0.3, -0.25) is 0 Å². The van der Waals surface area contributed by atoms with E-state index in [9.17, 15) is 0 Å². The van der Waals surface area contributed by atoms with Gasteiger partial charge in [0.1, 0.15) is 11.6 Å². The third-order valence-corrected chi connectivity index (χ3v) is 3.03. The minimum absolute atomic E-state index is 0.145. The van der Waals surface area contributed by atoms with Crippen molar-refractivity contribution in [1.29, 1.82) is 0 Å². The number of hydrogen-bond donors (Lipinski definition) is 2. The summed E-state index contributed by atoms with van der Waals surface area (Å²) in [5.41, 5.74) is 13.1. The lowest BCUT2D eigenvalue weighted by molar-refractivity contribution is 0.414. The largest absolute Gasteiger partial charge is 0.497 e. The third kappa shape index (κ3) is 2.09. The molecule has 0 bridgehead atoms. The fraction of sp³-hybridized carbons (Fsp3) is 0.154. The lowest BCUT2D eigenvalue weighted by Crippen LogP contribution is -2.05. The highest BCUT2D eigenvalue weighted by molar-refractivity contribution is 5.86. The number of anilines is 2. The molecule has 7 nitrogen and oxygen atoms in total. The van der Waals surface area contributed by atoms with Crippen LogP contribution in [0, 0.1) is 0 Å². The number of fused-ring (bicyclic) bond motifs is 1. The summed E-state index contributed by atoms with van der Waals surface area (Å²) in [5, 5.41) is 4.98. The summed E-state index contributed by atoms with van der Waals surface area (Å²) in [6, 6.07) is 7.75. The van der Waals surface area contributed by atoms with E-state index in [4.69, 9.17) is 16.2 Å². The Labute approximate surface area is 115 Å². The highest BCUT2D eigenvalue weighted by atomic mass is 16.5. The Hall–Kier alpha value is -2.83. The summed E-state index contributed by atoms with van der Waals surface area (Å²) in [6.07, 6.45) is 1.65. The molecule has 3 rings (SSSR count). The number of aromatic nitrogens is 4. The SMILES string of the molecule is COc1ccc(Cn2ncc3c(N)nc(N)nc32)cc1. The number of benzene rings is 1. The number of nitrogen functional groups attached to an aromatic ring is 2. The maximum atomic E-state index is 5.80. The van der Waals surface area contributed by atoms with Crippen LogP contribution >= 0.6 is 0 Å². The first kappa shape index (κ1) is 12.2. The summed E-state index contributed by atoms with van der Waals surface area (Å²) >= 11 is 0. The molecule has 0 amide bonds. The smallest absolute Gasteiger partial charge is 0.224 e. The molecule has 0 aliphatic heterocycles. The van der Waals surface area contributed by atoms with E-state index in [0.717, 1.165) is 11.3 Å². The van der Waals surface area contributed by atoms with Gasteiger partial charge in [0.15, 0.2) is 5.65 Å². The van der Waals surface area contributed by atoms with Crippen molar-refractivity contribution in [2.45, 2.75) is 6.54 Å². The average molecular weight is 270 g/mol. The zero-order valence-electron chi connectivity index (χ0n) is 10.9. The first-order chi connectivity index (χ1) is 9.67. The van der Waals surface area contributed by atoms with Crippen molar-refractivity contribution in [3.63, 3.8) is 0 Å². The van der Waals surface area contributed by atoms with Crippen LogP contribution in [-0.4, -0.2) is 26.9 Å². The van der Waals surface area contributed by atoms with Crippen LogP contribution in [0.1, 0.15) is 5.56 Å². The minimum Gasteiger partial charge on any atom is -0.497 e. The summed E-state index contributed by atoms with van der Waals surface area (Å²) < 4.78 is 6.87. The van der Waals surface area contributed by atoms with E-state index in [1.807, 2.05) is 24.3 Å². The van der Waals surface area contributed by atoms with Gasteiger partial charge < -0.3 is 16.2 Å². The van der Waals surface area contributed by atoms with Crippen LogP contribution in [-0.2, 0) is 6.54 Å². The molecule has 3 aromatic rings. The van der Waals surface area contributed by atoms with Gasteiger partial charge in [-0.15, -0.1) is 0 Å². The van der Waals surface area contributed by atoms with Gasteiger partial charge >= 0.3 is 0 Å². The second-order valence-electron chi connectivity index (χ2n) is 4.35. The van der Waals surface area contributed by atoms with E-state index in [1.54, 1.807) is 18.0 Å². The standard InChI is InChI=1S/C13H14N6O/c1-20-9-4-2-8(3-5-9)7-19-12-10(6-16-19)11(14)17-13(15)18-12/h2-6H,7H2,1H3,(H4,14,15,17,18). The number of rotatable bonds is 3. The molecule has 0 saturated carbocycles. The minimum atomic E-state index is 0.145. The van der Waals surface area contributed by atoms with Gasteiger partial charge in [0.2, 0.25) is 5.95 Å². The van der Waals surface area contributed by atoms with Gasteiger partial charge in [0, 0.05) is 0 Å². The van der Waals surface area contributed by atoms with Crippen LogP contribution < -0.4 is 16.2 Å². The molecule has 4 N–H and O–H groups in total. The first-order valence-electron chi connectivity index (χ1n) is 6.05. The Kier molecular flexibility index (Phi) is 2.86. The van der Waals surface area contributed by atoms with Crippen molar-refractivity contribution < 1.29 is 4.74 Å². The Morgan fingerprint density at radius 2 is 1.90 bits per heavy atom. The Morgan fingerprint density at radius 1 is 1.15 bits per heavy atom. The monoisotopic (exact) mass is 270 g/mol. The fourth-order valence-electron chi connectivity index (χ4n) is 2.01. The molecule has 0 aliphatic carbocycles. The van der Waals surface area contributed by atoms with Gasteiger partial charge in [-0.25, -0.2) is 4.68 Å². The molecule has 20 heavy (non-hydrogen) atoms. The number of nitrogens with two attached hydrogens (primary N) is 2. The van der Waals surface area contributed by atoms with Gasteiger partial charge in [-0.1, -0.05) is 12.1 Å². The van der Waals surface area contributed by atoms with Gasteiger partial charge in [0.05, 0.1) is 25.2 Å². The Morgan fingerprint density at radius 3 is 2.60 bits per heavy atom. The van der Waals surface area contributed by atoms with Crippen molar-refractivity contribution >= 4 is 22.8 Å². The maximum Gasteiger partial charge on any atom is 0.224 e. The molecule has 0 spiro atoms. The van der Waals surface area contributed by atoms with E-state index < -0.39 is 0 Å². The molecular formula is C13H14N6O. The molecular weight excluding hydrogens is 256 g/mol. The van der Waals surface area contributed by atoms with Crippen molar-refractivity contribution in [2.75, 3.05) is 18.6 Å². The molecule has 2 aromatic heterocycles. The molecule has 1 aromatic carbocycles. The molecule has 0 atom stereocenters. The predicted octanol–water partition coefficient (Wildman–Crippen LogP) is 1.05. The van der Waals surface area contributed by atoms with Crippen molar-refractivity contribution in [3.8, 4) is 5.75 Å². The molecule has 0 radical (unpaired) electrons. The van der Waals surface area contributed by atoms with E-state index in [2.05, 4.69) is 15.1 Å². The number of ether oxygens (including phenoxy) is 1. The van der Waals surface area contributed by atoms with Crippen molar-refractivity contribution in [1.82, 2.24) is 19.7 Å². The quantitative estimate of drug-likeness (QED) is 0.737. The first-order valence-corrected chi connectivity index (χ1v) is 6.05. The summed E-state index contributed by atoms with van der Waals surface area (Å²) in [5.74, 6) is 1.30.